The number of nitrogens with zero attached hydrogens (tertiary/aromatic N) is 2. The van der Waals surface area contributed by atoms with E-state index in [1.165, 1.54) is 6.26 Å². The van der Waals surface area contributed by atoms with Gasteiger partial charge in [-0.3, -0.25) is 9.69 Å². The Morgan fingerprint density at radius 2 is 1.56 bits per heavy atom. The Balaban J connectivity index is 1.56. The third-order valence-corrected chi connectivity index (χ3v) is 6.10. The van der Waals surface area contributed by atoms with E-state index >= 15 is 0 Å². The van der Waals surface area contributed by atoms with Crippen molar-refractivity contribution in [3.63, 3.8) is 0 Å². The maximum Gasteiger partial charge on any atom is 0.326 e. The van der Waals surface area contributed by atoms with Crippen molar-refractivity contribution in [1.82, 2.24) is 0 Å². The summed E-state index contributed by atoms with van der Waals surface area (Å²) in [7, 11) is 0. The predicted octanol–water partition coefficient (Wildman–Crippen LogP) is 6.50. The van der Waals surface area contributed by atoms with Gasteiger partial charge in [0.15, 0.2) is 5.76 Å². The molecule has 0 fully saturated rings. The lowest BCUT2D eigenvalue weighted by molar-refractivity contribution is 0.0946. The monoisotopic (exact) mass is 451 g/mol. The van der Waals surface area contributed by atoms with Gasteiger partial charge in [0, 0.05) is 23.1 Å². The molecule has 1 N–H and O–H groups in total. The smallest absolute Gasteiger partial charge is 0.326 e. The van der Waals surface area contributed by atoms with Gasteiger partial charge in [0.1, 0.15) is 0 Å². The molecule has 2 heterocycles. The standard InChI is InChI=1S/C28H25N3O3/c1-20-19-25(23-15-8-9-16-24(23)30(20)27(32)26-17-10-18-34-26)31(22-13-6-3-7-14-22)28(33)29-21-11-4-2-5-12-21/h2-18,20,25H,19H2,1H3,(H,29,33)/t20-,25+/m0/s1. The first kappa shape index (κ1) is 21.5. The molecule has 2 atom stereocenters. The Labute approximate surface area is 198 Å². The Kier molecular flexibility index (Phi) is 5.87. The Hall–Kier alpha value is -4.32. The number of para-hydroxylation sites is 3. The molecule has 4 aromatic rings. The molecule has 3 aromatic carbocycles. The number of carbonyl (C=O) groups is 2. The number of hydrogen-bond acceptors (Lipinski definition) is 3. The van der Waals surface area contributed by atoms with Gasteiger partial charge in [-0.15, -0.1) is 0 Å². The minimum absolute atomic E-state index is 0.159. The van der Waals surface area contributed by atoms with Crippen LogP contribution in [0, 0.1) is 0 Å². The topological polar surface area (TPSA) is 65.8 Å². The highest BCUT2D eigenvalue weighted by Gasteiger charge is 2.39. The maximum atomic E-state index is 13.7. The molecule has 0 aliphatic carbocycles. The lowest BCUT2D eigenvalue weighted by Gasteiger charge is -2.43. The third-order valence-electron chi connectivity index (χ3n) is 6.10. The van der Waals surface area contributed by atoms with Crippen LogP contribution in [0.5, 0.6) is 0 Å². The number of rotatable bonds is 4. The van der Waals surface area contributed by atoms with E-state index in [0.29, 0.717) is 12.2 Å². The van der Waals surface area contributed by atoms with Gasteiger partial charge in [0.05, 0.1) is 12.3 Å². The highest BCUT2D eigenvalue weighted by atomic mass is 16.3. The first-order valence-corrected chi connectivity index (χ1v) is 11.3. The zero-order valence-electron chi connectivity index (χ0n) is 18.8. The van der Waals surface area contributed by atoms with Gasteiger partial charge in [-0.05, 0) is 61.4 Å². The number of benzene rings is 3. The average molecular weight is 452 g/mol. The van der Waals surface area contributed by atoms with Crippen LogP contribution >= 0.6 is 0 Å². The first-order valence-electron chi connectivity index (χ1n) is 11.3. The van der Waals surface area contributed by atoms with E-state index in [4.69, 9.17) is 4.42 Å². The van der Waals surface area contributed by atoms with Crippen LogP contribution in [0.4, 0.5) is 21.9 Å². The lowest BCUT2D eigenvalue weighted by atomic mass is 9.90. The largest absolute Gasteiger partial charge is 0.459 e. The van der Waals surface area contributed by atoms with Crippen molar-refractivity contribution in [2.45, 2.75) is 25.4 Å². The second-order valence-corrected chi connectivity index (χ2v) is 8.31. The highest BCUT2D eigenvalue weighted by Crippen LogP contribution is 2.42. The summed E-state index contributed by atoms with van der Waals surface area (Å²) < 4.78 is 5.39. The lowest BCUT2D eigenvalue weighted by Crippen LogP contribution is -2.48. The predicted molar refractivity (Wildman–Crippen MR) is 133 cm³/mol. The minimum Gasteiger partial charge on any atom is -0.459 e. The molecule has 170 valence electrons. The van der Waals surface area contributed by atoms with Crippen LogP contribution < -0.4 is 15.1 Å². The van der Waals surface area contributed by atoms with Crippen molar-refractivity contribution in [3.8, 4) is 0 Å². The fraction of sp³-hybridized carbons (Fsp3) is 0.143. The molecular weight excluding hydrogens is 426 g/mol. The first-order chi connectivity index (χ1) is 16.6. The average Bonchev–Trinajstić information content (AvgIpc) is 3.40. The normalized spacial score (nSPS) is 17.0. The SMILES string of the molecule is C[C@H]1C[C@@H](N(C(=O)Nc2ccccc2)c2ccccc2)c2ccccc2N1C(=O)c1ccco1. The van der Waals surface area contributed by atoms with Gasteiger partial charge >= 0.3 is 6.03 Å². The Morgan fingerprint density at radius 3 is 2.26 bits per heavy atom. The van der Waals surface area contributed by atoms with Crippen molar-refractivity contribution < 1.29 is 14.0 Å². The van der Waals surface area contributed by atoms with Gasteiger partial charge < -0.3 is 14.6 Å². The molecule has 0 bridgehead atoms. The Morgan fingerprint density at radius 1 is 0.882 bits per heavy atom. The van der Waals surface area contributed by atoms with Crippen LogP contribution in [0.15, 0.2) is 108 Å². The van der Waals surface area contributed by atoms with Crippen LogP contribution in [-0.4, -0.2) is 18.0 Å². The molecular formula is C28H25N3O3. The minimum atomic E-state index is -0.266. The van der Waals surface area contributed by atoms with E-state index in [2.05, 4.69) is 5.32 Å². The summed E-state index contributed by atoms with van der Waals surface area (Å²) in [5.74, 6) is 0.102. The van der Waals surface area contributed by atoms with Crippen LogP contribution in [0.2, 0.25) is 0 Å². The zero-order valence-corrected chi connectivity index (χ0v) is 18.8. The number of fused-ring (bicyclic) bond motifs is 1. The number of urea groups is 1. The van der Waals surface area contributed by atoms with Crippen LogP contribution in [-0.2, 0) is 0 Å². The van der Waals surface area contributed by atoms with E-state index in [-0.39, 0.29) is 24.0 Å². The van der Waals surface area contributed by atoms with Gasteiger partial charge in [-0.1, -0.05) is 54.6 Å². The van der Waals surface area contributed by atoms with Gasteiger partial charge in [-0.2, -0.15) is 0 Å². The van der Waals surface area contributed by atoms with Crippen LogP contribution in [0.25, 0.3) is 0 Å². The molecule has 1 aromatic heterocycles. The molecule has 6 heteroatoms. The van der Waals surface area contributed by atoms with Gasteiger partial charge in [-0.25, -0.2) is 4.79 Å². The van der Waals surface area contributed by atoms with E-state index in [0.717, 1.165) is 22.6 Å². The third kappa shape index (κ3) is 4.06. The molecule has 5 rings (SSSR count). The van der Waals surface area contributed by atoms with E-state index in [1.807, 2.05) is 91.9 Å². The summed E-state index contributed by atoms with van der Waals surface area (Å²) in [6.45, 7) is 2.00. The second kappa shape index (κ2) is 9.27. The molecule has 0 radical (unpaired) electrons. The number of amides is 3. The second-order valence-electron chi connectivity index (χ2n) is 8.31. The van der Waals surface area contributed by atoms with Crippen molar-refractivity contribution in [2.24, 2.45) is 0 Å². The summed E-state index contributed by atoms with van der Waals surface area (Å²) in [6.07, 6.45) is 2.07. The van der Waals surface area contributed by atoms with Crippen molar-refractivity contribution >= 4 is 29.0 Å². The molecule has 1 aliphatic rings. The number of anilines is 3. The quantitative estimate of drug-likeness (QED) is 0.385. The van der Waals surface area contributed by atoms with E-state index in [1.54, 1.807) is 21.9 Å². The number of hydrogen-bond donors (Lipinski definition) is 1. The fourth-order valence-corrected chi connectivity index (χ4v) is 4.59. The number of carbonyl (C=O) groups excluding carboxylic acids is 2. The van der Waals surface area contributed by atoms with Crippen LogP contribution in [0.3, 0.4) is 0 Å². The fourth-order valence-electron chi connectivity index (χ4n) is 4.59. The van der Waals surface area contributed by atoms with E-state index < -0.39 is 0 Å². The summed E-state index contributed by atoms with van der Waals surface area (Å²) in [6, 6.07) is 29.5. The molecule has 1 aliphatic heterocycles. The van der Waals surface area contributed by atoms with Crippen molar-refractivity contribution in [3.05, 3.63) is 115 Å². The summed E-state index contributed by atoms with van der Waals surface area (Å²) in [5, 5.41) is 3.03. The summed E-state index contributed by atoms with van der Waals surface area (Å²) >= 11 is 0. The molecule has 34 heavy (non-hydrogen) atoms. The molecule has 3 amide bonds. The van der Waals surface area contributed by atoms with Gasteiger partial charge in [0.25, 0.3) is 5.91 Å². The van der Waals surface area contributed by atoms with E-state index in [9.17, 15) is 9.59 Å². The maximum absolute atomic E-state index is 13.7. The summed E-state index contributed by atoms with van der Waals surface area (Å²) in [5.41, 5.74) is 3.20. The molecule has 0 saturated heterocycles. The van der Waals surface area contributed by atoms with Crippen LogP contribution in [0.1, 0.15) is 35.5 Å². The molecule has 6 nitrogen and oxygen atoms in total. The van der Waals surface area contributed by atoms with Gasteiger partial charge in [0.2, 0.25) is 0 Å². The highest BCUT2D eigenvalue weighted by molar-refractivity contribution is 6.06. The van der Waals surface area contributed by atoms with Crippen molar-refractivity contribution in [2.75, 3.05) is 15.1 Å². The zero-order chi connectivity index (χ0) is 23.5. The molecule has 0 spiro atoms. The number of furan rings is 1. The number of nitrogens with one attached hydrogen (secondary N) is 1. The Bertz CT molecular complexity index is 1270. The molecule has 0 unspecified atom stereocenters. The van der Waals surface area contributed by atoms with Crippen molar-refractivity contribution in [1.29, 1.82) is 0 Å². The summed E-state index contributed by atoms with van der Waals surface area (Å²) in [4.78, 5) is 30.5. The molecule has 0 saturated carbocycles.